The average molecular weight is 381 g/mol. The summed E-state index contributed by atoms with van der Waals surface area (Å²) in [5, 5.41) is 12.5. The van der Waals surface area contributed by atoms with E-state index < -0.39 is 0 Å². The van der Waals surface area contributed by atoms with Crippen LogP contribution in [-0.4, -0.2) is 26.6 Å². The van der Waals surface area contributed by atoms with E-state index in [1.54, 1.807) is 17.9 Å². The number of fused-ring (bicyclic) bond motifs is 1. The molecule has 0 radical (unpaired) electrons. The number of anilines is 2. The third-order valence-electron chi connectivity index (χ3n) is 4.51. The number of nitrogens with one attached hydrogen (secondary N) is 2. The molecule has 0 spiro atoms. The molecule has 0 saturated heterocycles. The van der Waals surface area contributed by atoms with Crippen LogP contribution >= 0.6 is 11.3 Å². The number of hydrogen-bond acceptors (Lipinski definition) is 5. The second-order valence-corrected chi connectivity index (χ2v) is 7.29. The van der Waals surface area contributed by atoms with Crippen LogP contribution in [0, 0.1) is 0 Å². The molecule has 2 N–H and O–H groups in total. The molecular formula is C19H19N5O2S. The highest BCUT2D eigenvalue weighted by Crippen LogP contribution is 2.30. The maximum atomic E-state index is 12.5. The number of amides is 2. The molecule has 0 aliphatic carbocycles. The van der Waals surface area contributed by atoms with Crippen LogP contribution in [0.5, 0.6) is 0 Å². The molecule has 27 heavy (non-hydrogen) atoms. The molecule has 1 aliphatic rings. The van der Waals surface area contributed by atoms with Crippen molar-refractivity contribution in [2.45, 2.75) is 26.2 Å². The lowest BCUT2D eigenvalue weighted by Gasteiger charge is -2.17. The zero-order valence-electron chi connectivity index (χ0n) is 15.1. The first-order valence-electron chi connectivity index (χ1n) is 8.76. The number of nitrogens with zero attached hydrogens (tertiary/aromatic N) is 3. The molecule has 8 heteroatoms. The van der Waals surface area contributed by atoms with Crippen LogP contribution in [0.1, 0.15) is 35.0 Å². The molecule has 0 saturated carbocycles. The molecule has 2 amide bonds. The quantitative estimate of drug-likeness (QED) is 0.726. The Morgan fingerprint density at radius 1 is 1.37 bits per heavy atom. The number of rotatable bonds is 4. The fraction of sp³-hybridized carbons (Fsp3) is 0.263. The van der Waals surface area contributed by atoms with Gasteiger partial charge >= 0.3 is 0 Å². The number of aromatic nitrogens is 3. The van der Waals surface area contributed by atoms with Gasteiger partial charge in [0.1, 0.15) is 0 Å². The van der Waals surface area contributed by atoms with E-state index >= 15 is 0 Å². The third kappa shape index (κ3) is 3.48. The summed E-state index contributed by atoms with van der Waals surface area (Å²) in [5.41, 5.74) is 5.08. The molecule has 0 fully saturated rings. The Balaban J connectivity index is 1.53. The Morgan fingerprint density at radius 3 is 3.04 bits per heavy atom. The zero-order valence-corrected chi connectivity index (χ0v) is 15.9. The van der Waals surface area contributed by atoms with Gasteiger partial charge in [-0.1, -0.05) is 13.0 Å². The van der Waals surface area contributed by atoms with Crippen LogP contribution in [0.2, 0.25) is 0 Å². The lowest BCUT2D eigenvalue weighted by molar-refractivity contribution is -0.116. The fourth-order valence-electron chi connectivity index (χ4n) is 3.16. The normalized spacial score (nSPS) is 13.2. The summed E-state index contributed by atoms with van der Waals surface area (Å²) in [6.45, 7) is 1.97. The van der Waals surface area contributed by atoms with Gasteiger partial charge in [-0.3, -0.25) is 19.6 Å². The van der Waals surface area contributed by atoms with Gasteiger partial charge in [-0.15, -0.1) is 11.3 Å². The van der Waals surface area contributed by atoms with Gasteiger partial charge in [0.15, 0.2) is 5.13 Å². The first-order valence-corrected chi connectivity index (χ1v) is 9.64. The van der Waals surface area contributed by atoms with Crippen LogP contribution in [0.25, 0.3) is 11.3 Å². The number of benzene rings is 1. The first kappa shape index (κ1) is 17.4. The Kier molecular flexibility index (Phi) is 4.49. The topological polar surface area (TPSA) is 88.9 Å². The van der Waals surface area contributed by atoms with Crippen molar-refractivity contribution in [2.75, 3.05) is 10.6 Å². The molecule has 7 nitrogen and oxygen atoms in total. The first-order chi connectivity index (χ1) is 13.0. The maximum absolute atomic E-state index is 12.5. The number of carbonyl (C=O) groups is 2. The second-order valence-electron chi connectivity index (χ2n) is 6.43. The highest BCUT2D eigenvalue weighted by molar-refractivity contribution is 7.14. The number of hydrogen-bond donors (Lipinski definition) is 2. The summed E-state index contributed by atoms with van der Waals surface area (Å²) >= 11 is 1.39. The number of thiazole rings is 1. The summed E-state index contributed by atoms with van der Waals surface area (Å²) in [5.74, 6) is -0.148. The van der Waals surface area contributed by atoms with E-state index in [1.165, 1.54) is 11.3 Å². The minimum Gasteiger partial charge on any atom is -0.326 e. The highest BCUT2D eigenvalue weighted by Gasteiger charge is 2.18. The van der Waals surface area contributed by atoms with Crippen molar-refractivity contribution in [2.24, 2.45) is 7.05 Å². The molecule has 3 heterocycles. The summed E-state index contributed by atoms with van der Waals surface area (Å²) in [7, 11) is 1.80. The predicted molar refractivity (Wildman–Crippen MR) is 105 cm³/mol. The summed E-state index contributed by atoms with van der Waals surface area (Å²) in [6, 6.07) is 5.88. The molecule has 0 bridgehead atoms. The van der Waals surface area contributed by atoms with Crippen molar-refractivity contribution in [1.29, 1.82) is 0 Å². The summed E-state index contributed by atoms with van der Waals surface area (Å²) in [6.07, 6.45) is 3.64. The molecule has 2 aromatic heterocycles. The van der Waals surface area contributed by atoms with E-state index in [9.17, 15) is 9.59 Å². The third-order valence-corrected chi connectivity index (χ3v) is 5.26. The Labute approximate surface area is 160 Å². The number of aryl methyl sites for hydroxylation is 3. The van der Waals surface area contributed by atoms with Gasteiger partial charge in [0.05, 0.1) is 17.0 Å². The van der Waals surface area contributed by atoms with Crippen molar-refractivity contribution in [3.05, 3.63) is 46.6 Å². The van der Waals surface area contributed by atoms with Crippen LogP contribution in [0.15, 0.2) is 29.8 Å². The van der Waals surface area contributed by atoms with Crippen molar-refractivity contribution < 1.29 is 9.59 Å². The molecule has 138 valence electrons. The van der Waals surface area contributed by atoms with E-state index in [-0.39, 0.29) is 11.8 Å². The van der Waals surface area contributed by atoms with Crippen molar-refractivity contribution in [1.82, 2.24) is 14.8 Å². The van der Waals surface area contributed by atoms with E-state index in [2.05, 4.69) is 20.7 Å². The standard InChI is InChI=1S/C19H19N5O2S/c1-3-14-13(9-24(2)23-14)18(26)22-19-21-16(10-27-19)12-4-6-15-11(8-12)5-7-17(25)20-15/h4,6,8-10H,3,5,7H2,1-2H3,(H,20,25)(H,21,22,26). The SMILES string of the molecule is CCc1nn(C)cc1C(=O)Nc1nc(-c2ccc3c(c2)CCC(=O)N3)cs1. The van der Waals surface area contributed by atoms with Gasteiger partial charge in [0.25, 0.3) is 5.91 Å². The molecule has 0 unspecified atom stereocenters. The minimum absolute atomic E-state index is 0.0516. The van der Waals surface area contributed by atoms with E-state index in [0.717, 1.165) is 34.6 Å². The van der Waals surface area contributed by atoms with Crippen molar-refractivity contribution in [3.63, 3.8) is 0 Å². The van der Waals surface area contributed by atoms with Crippen LogP contribution in [0.3, 0.4) is 0 Å². The monoisotopic (exact) mass is 381 g/mol. The van der Waals surface area contributed by atoms with Crippen molar-refractivity contribution >= 4 is 34.0 Å². The van der Waals surface area contributed by atoms with E-state index in [0.29, 0.717) is 23.5 Å². The van der Waals surface area contributed by atoms with Gasteiger partial charge in [0, 0.05) is 36.3 Å². The summed E-state index contributed by atoms with van der Waals surface area (Å²) < 4.78 is 1.65. The molecule has 3 aromatic rings. The van der Waals surface area contributed by atoms with E-state index in [1.807, 2.05) is 30.5 Å². The Bertz CT molecular complexity index is 1040. The smallest absolute Gasteiger partial charge is 0.260 e. The largest absolute Gasteiger partial charge is 0.326 e. The number of carbonyl (C=O) groups excluding carboxylic acids is 2. The lowest BCUT2D eigenvalue weighted by Crippen LogP contribution is -2.18. The van der Waals surface area contributed by atoms with Gasteiger partial charge in [-0.25, -0.2) is 4.98 Å². The molecule has 0 atom stereocenters. The molecule has 1 aromatic carbocycles. The van der Waals surface area contributed by atoms with Gasteiger partial charge in [-0.2, -0.15) is 5.10 Å². The van der Waals surface area contributed by atoms with Crippen LogP contribution < -0.4 is 10.6 Å². The highest BCUT2D eigenvalue weighted by atomic mass is 32.1. The van der Waals surface area contributed by atoms with E-state index in [4.69, 9.17) is 0 Å². The van der Waals surface area contributed by atoms with Gasteiger partial charge in [0.2, 0.25) is 5.91 Å². The second kappa shape index (κ2) is 6.96. The fourth-order valence-corrected chi connectivity index (χ4v) is 3.87. The van der Waals surface area contributed by atoms with Crippen LogP contribution in [0.4, 0.5) is 10.8 Å². The van der Waals surface area contributed by atoms with Gasteiger partial charge < -0.3 is 5.32 Å². The van der Waals surface area contributed by atoms with Crippen LogP contribution in [-0.2, 0) is 24.7 Å². The predicted octanol–water partition coefficient (Wildman–Crippen LogP) is 3.24. The lowest BCUT2D eigenvalue weighted by atomic mass is 9.99. The summed E-state index contributed by atoms with van der Waals surface area (Å²) in [4.78, 5) is 28.6. The molecule has 4 rings (SSSR count). The zero-order chi connectivity index (χ0) is 19.0. The Hall–Kier alpha value is -3.00. The molecular weight excluding hydrogens is 362 g/mol. The van der Waals surface area contributed by atoms with Gasteiger partial charge in [-0.05, 0) is 30.5 Å². The minimum atomic E-state index is -0.200. The Morgan fingerprint density at radius 2 is 2.22 bits per heavy atom. The average Bonchev–Trinajstić information content (AvgIpc) is 3.27. The molecule has 1 aliphatic heterocycles. The maximum Gasteiger partial charge on any atom is 0.260 e. The van der Waals surface area contributed by atoms with Crippen molar-refractivity contribution in [3.8, 4) is 11.3 Å².